The van der Waals surface area contributed by atoms with Crippen molar-refractivity contribution in [1.82, 2.24) is 9.21 Å². The molecule has 0 spiro atoms. The maximum absolute atomic E-state index is 13.1. The quantitative estimate of drug-likeness (QED) is 0.743. The highest BCUT2D eigenvalue weighted by atomic mass is 35.5. The molecule has 0 aromatic heterocycles. The van der Waals surface area contributed by atoms with E-state index in [1.165, 1.54) is 10.4 Å². The van der Waals surface area contributed by atoms with Crippen molar-refractivity contribution in [2.75, 3.05) is 39.4 Å². The normalized spacial score (nSPS) is 18.1. The van der Waals surface area contributed by atoms with Crippen LogP contribution >= 0.6 is 12.4 Å². The number of likely N-dealkylation sites (N-methyl/N-ethyl adjacent to an activating group) is 1. The van der Waals surface area contributed by atoms with Crippen LogP contribution in [0.4, 0.5) is 0 Å². The van der Waals surface area contributed by atoms with Crippen LogP contribution in [0, 0.1) is 0 Å². The van der Waals surface area contributed by atoms with E-state index in [2.05, 4.69) is 0 Å². The van der Waals surface area contributed by atoms with Crippen LogP contribution in [0.15, 0.2) is 23.1 Å². The predicted molar refractivity (Wildman–Crippen MR) is 101 cm³/mol. The van der Waals surface area contributed by atoms with Gasteiger partial charge in [-0.05, 0) is 31.5 Å². The highest BCUT2D eigenvalue weighted by Gasteiger charge is 2.34. The van der Waals surface area contributed by atoms with E-state index in [1.807, 2.05) is 11.8 Å². The van der Waals surface area contributed by atoms with Crippen LogP contribution < -0.4 is 9.47 Å². The number of carboxylic acids is 1. The fraction of sp³-hybridized carbons (Fsp3) is 0.588. The summed E-state index contributed by atoms with van der Waals surface area (Å²) < 4.78 is 38.6. The summed E-state index contributed by atoms with van der Waals surface area (Å²) in [5.41, 5.74) is 0. The van der Waals surface area contributed by atoms with Crippen molar-refractivity contribution in [3.8, 4) is 11.5 Å². The SMILES string of the molecule is CCN(CC(=O)O)C1CCN(S(=O)(=O)c2cccc3c2OCCO3)CC1.Cl. The highest BCUT2D eigenvalue weighted by Crippen LogP contribution is 2.38. The topological polar surface area (TPSA) is 96.4 Å². The lowest BCUT2D eigenvalue weighted by atomic mass is 10.0. The Morgan fingerprint density at radius 1 is 1.26 bits per heavy atom. The van der Waals surface area contributed by atoms with Crippen LogP contribution in [-0.2, 0) is 14.8 Å². The Hall–Kier alpha value is -1.55. The van der Waals surface area contributed by atoms with Gasteiger partial charge in [0.2, 0.25) is 10.0 Å². The Bertz CT molecular complexity index is 765. The fourth-order valence-electron chi connectivity index (χ4n) is 3.51. The number of para-hydroxylation sites is 1. The molecule has 1 fully saturated rings. The third-order valence-corrected chi connectivity index (χ3v) is 6.75. The minimum absolute atomic E-state index is 0. The van der Waals surface area contributed by atoms with Crippen molar-refractivity contribution in [3.05, 3.63) is 18.2 Å². The van der Waals surface area contributed by atoms with Crippen molar-refractivity contribution in [1.29, 1.82) is 0 Å². The van der Waals surface area contributed by atoms with Gasteiger partial charge in [0.05, 0.1) is 6.54 Å². The van der Waals surface area contributed by atoms with Gasteiger partial charge in [-0.15, -0.1) is 12.4 Å². The van der Waals surface area contributed by atoms with Crippen molar-refractivity contribution in [3.63, 3.8) is 0 Å². The van der Waals surface area contributed by atoms with E-state index >= 15 is 0 Å². The molecule has 8 nitrogen and oxygen atoms in total. The van der Waals surface area contributed by atoms with E-state index in [9.17, 15) is 13.2 Å². The molecule has 0 aliphatic carbocycles. The van der Waals surface area contributed by atoms with Crippen LogP contribution in [0.2, 0.25) is 0 Å². The Morgan fingerprint density at radius 3 is 2.56 bits per heavy atom. The Labute approximate surface area is 165 Å². The van der Waals surface area contributed by atoms with E-state index in [0.29, 0.717) is 51.4 Å². The second-order valence-electron chi connectivity index (χ2n) is 6.37. The van der Waals surface area contributed by atoms with Crippen LogP contribution in [0.5, 0.6) is 11.5 Å². The van der Waals surface area contributed by atoms with Crippen molar-refractivity contribution < 1.29 is 27.8 Å². The van der Waals surface area contributed by atoms with Crippen LogP contribution in [0.3, 0.4) is 0 Å². The van der Waals surface area contributed by atoms with Gasteiger partial charge in [-0.1, -0.05) is 13.0 Å². The van der Waals surface area contributed by atoms with E-state index in [1.54, 1.807) is 12.1 Å². The van der Waals surface area contributed by atoms with Crippen LogP contribution in [-0.4, -0.2) is 74.1 Å². The molecular formula is C17H25ClN2O6S. The summed E-state index contributed by atoms with van der Waals surface area (Å²) in [6.07, 6.45) is 1.21. The van der Waals surface area contributed by atoms with Gasteiger partial charge in [-0.3, -0.25) is 9.69 Å². The van der Waals surface area contributed by atoms with Crippen molar-refractivity contribution in [2.24, 2.45) is 0 Å². The predicted octanol–water partition coefficient (Wildman–Crippen LogP) is 1.44. The van der Waals surface area contributed by atoms with Gasteiger partial charge < -0.3 is 14.6 Å². The molecule has 0 unspecified atom stereocenters. The maximum atomic E-state index is 13.1. The Balaban J connectivity index is 0.00000261. The first-order valence-electron chi connectivity index (χ1n) is 8.78. The van der Waals surface area contributed by atoms with Gasteiger partial charge in [-0.25, -0.2) is 8.42 Å². The van der Waals surface area contributed by atoms with Gasteiger partial charge in [-0.2, -0.15) is 4.31 Å². The number of carboxylic acid groups (broad SMARTS) is 1. The fourth-order valence-corrected chi connectivity index (χ4v) is 5.12. The first kappa shape index (κ1) is 21.7. The van der Waals surface area contributed by atoms with Crippen molar-refractivity contribution in [2.45, 2.75) is 30.7 Å². The number of aliphatic carboxylic acids is 1. The summed E-state index contributed by atoms with van der Waals surface area (Å²) in [6.45, 7) is 3.95. The molecule has 2 heterocycles. The number of ether oxygens (including phenoxy) is 2. The summed E-state index contributed by atoms with van der Waals surface area (Å²) >= 11 is 0. The third kappa shape index (κ3) is 4.66. The number of rotatable bonds is 6. The summed E-state index contributed by atoms with van der Waals surface area (Å²) in [7, 11) is -3.69. The molecule has 152 valence electrons. The lowest BCUT2D eigenvalue weighted by Crippen LogP contribution is -2.48. The van der Waals surface area contributed by atoms with E-state index in [-0.39, 0.29) is 35.6 Å². The number of carbonyl (C=O) groups is 1. The number of nitrogens with zero attached hydrogens (tertiary/aromatic N) is 2. The number of hydrogen-bond donors (Lipinski definition) is 1. The Kier molecular flexibility index (Phi) is 7.32. The molecule has 27 heavy (non-hydrogen) atoms. The number of hydrogen-bond acceptors (Lipinski definition) is 6. The van der Waals surface area contributed by atoms with Gasteiger partial charge in [0.1, 0.15) is 18.1 Å². The zero-order valence-corrected chi connectivity index (χ0v) is 16.8. The summed E-state index contributed by atoms with van der Waals surface area (Å²) in [6, 6.07) is 4.97. The van der Waals surface area contributed by atoms with Gasteiger partial charge in [0.15, 0.2) is 11.5 Å². The molecule has 3 rings (SSSR count). The molecule has 0 saturated carbocycles. The summed E-state index contributed by atoms with van der Waals surface area (Å²) in [4.78, 5) is 13.0. The van der Waals surface area contributed by atoms with Crippen LogP contribution in [0.1, 0.15) is 19.8 Å². The molecule has 0 radical (unpaired) electrons. The molecule has 2 aliphatic heterocycles. The molecule has 0 bridgehead atoms. The first-order chi connectivity index (χ1) is 12.4. The minimum Gasteiger partial charge on any atom is -0.486 e. The number of fused-ring (bicyclic) bond motifs is 1. The van der Waals surface area contributed by atoms with Gasteiger partial charge in [0, 0.05) is 19.1 Å². The maximum Gasteiger partial charge on any atom is 0.317 e. The molecule has 1 aromatic carbocycles. The summed E-state index contributed by atoms with van der Waals surface area (Å²) in [5, 5.41) is 9.01. The molecule has 10 heteroatoms. The second-order valence-corrected chi connectivity index (χ2v) is 8.28. The highest BCUT2D eigenvalue weighted by molar-refractivity contribution is 7.89. The first-order valence-corrected chi connectivity index (χ1v) is 10.2. The molecular weight excluding hydrogens is 396 g/mol. The number of halogens is 1. The minimum atomic E-state index is -3.69. The zero-order valence-electron chi connectivity index (χ0n) is 15.2. The smallest absolute Gasteiger partial charge is 0.317 e. The van der Waals surface area contributed by atoms with E-state index < -0.39 is 16.0 Å². The third-order valence-electron chi connectivity index (χ3n) is 4.83. The molecule has 2 aliphatic rings. The standard InChI is InChI=1S/C17H24N2O6S.ClH/c1-2-18(12-16(20)21)13-6-8-19(9-7-13)26(22,23)15-5-3-4-14-17(15)25-11-10-24-14;/h3-5,13H,2,6-12H2,1H3,(H,20,21);1H. The second kappa shape index (κ2) is 9.09. The largest absolute Gasteiger partial charge is 0.486 e. The van der Waals surface area contributed by atoms with Crippen LogP contribution in [0.25, 0.3) is 0 Å². The number of sulfonamides is 1. The molecule has 0 atom stereocenters. The zero-order chi connectivity index (χ0) is 18.7. The summed E-state index contributed by atoms with van der Waals surface area (Å²) in [5.74, 6) is -0.136. The molecule has 1 N–H and O–H groups in total. The van der Waals surface area contributed by atoms with Gasteiger partial charge >= 0.3 is 5.97 Å². The molecule has 0 amide bonds. The average Bonchev–Trinajstić information content (AvgIpc) is 2.65. The van der Waals surface area contributed by atoms with E-state index in [0.717, 1.165) is 0 Å². The van der Waals surface area contributed by atoms with Crippen molar-refractivity contribution >= 4 is 28.4 Å². The number of benzene rings is 1. The number of piperidine rings is 1. The van der Waals surface area contributed by atoms with Gasteiger partial charge in [0.25, 0.3) is 0 Å². The average molecular weight is 421 g/mol. The lowest BCUT2D eigenvalue weighted by Gasteiger charge is -2.37. The molecule has 1 aromatic rings. The Morgan fingerprint density at radius 2 is 1.93 bits per heavy atom. The monoisotopic (exact) mass is 420 g/mol. The molecule has 1 saturated heterocycles. The lowest BCUT2D eigenvalue weighted by molar-refractivity contribution is -0.139. The van der Waals surface area contributed by atoms with E-state index in [4.69, 9.17) is 14.6 Å².